The van der Waals surface area contributed by atoms with Gasteiger partial charge in [-0.05, 0) is 26.7 Å². The van der Waals surface area contributed by atoms with Crippen molar-refractivity contribution < 1.29 is 4.74 Å². The highest BCUT2D eigenvalue weighted by molar-refractivity contribution is 5.08. The van der Waals surface area contributed by atoms with E-state index in [9.17, 15) is 0 Å². The van der Waals surface area contributed by atoms with E-state index in [-0.39, 0.29) is 17.2 Å². The Morgan fingerprint density at radius 1 is 1.18 bits per heavy atom. The fourth-order valence-electron chi connectivity index (χ4n) is 1.83. The molecular weight excluding hydrogens is 138 g/mol. The topological polar surface area (TPSA) is 35.2 Å². The lowest BCUT2D eigenvalue weighted by Crippen LogP contribution is -2.73. The highest BCUT2D eigenvalue weighted by atomic mass is 16.6. The molecule has 3 atom stereocenters. The van der Waals surface area contributed by atoms with Crippen LogP contribution in [-0.2, 0) is 4.74 Å². The molecule has 0 aromatic rings. The second-order valence-electron chi connectivity index (χ2n) is 3.91. The molecule has 11 heavy (non-hydrogen) atoms. The van der Waals surface area contributed by atoms with Gasteiger partial charge in [-0.1, -0.05) is 13.8 Å². The van der Waals surface area contributed by atoms with Gasteiger partial charge in [-0.3, -0.25) is 0 Å². The lowest BCUT2D eigenvalue weighted by atomic mass is 9.73. The van der Waals surface area contributed by atoms with E-state index in [1.54, 1.807) is 0 Å². The molecule has 1 unspecified atom stereocenters. The van der Waals surface area contributed by atoms with Gasteiger partial charge in [0, 0.05) is 0 Å². The lowest BCUT2D eigenvalue weighted by molar-refractivity contribution is -0.275. The molecule has 0 radical (unpaired) electrons. The van der Waals surface area contributed by atoms with Gasteiger partial charge in [0.05, 0.1) is 17.2 Å². The SMILES string of the molecule is CC[C@@]1(C)O[C@@](C)(CC)C1N. The van der Waals surface area contributed by atoms with Gasteiger partial charge in [0.25, 0.3) is 0 Å². The summed E-state index contributed by atoms with van der Waals surface area (Å²) in [6.07, 6.45) is 2.01. The van der Waals surface area contributed by atoms with Gasteiger partial charge in [-0.25, -0.2) is 0 Å². The molecule has 1 aliphatic rings. The van der Waals surface area contributed by atoms with Crippen molar-refractivity contribution in [3.05, 3.63) is 0 Å². The van der Waals surface area contributed by atoms with Gasteiger partial charge in [-0.2, -0.15) is 0 Å². The zero-order valence-electron chi connectivity index (χ0n) is 7.98. The molecule has 1 saturated heterocycles. The minimum atomic E-state index is -0.0647. The molecule has 1 heterocycles. The van der Waals surface area contributed by atoms with E-state index in [2.05, 4.69) is 27.7 Å². The number of rotatable bonds is 2. The minimum absolute atomic E-state index is 0.0647. The van der Waals surface area contributed by atoms with Crippen molar-refractivity contribution in [1.82, 2.24) is 0 Å². The summed E-state index contributed by atoms with van der Waals surface area (Å²) in [5.41, 5.74) is 5.90. The number of nitrogens with two attached hydrogens (primary N) is 1. The zero-order valence-corrected chi connectivity index (χ0v) is 7.98. The van der Waals surface area contributed by atoms with Crippen molar-refractivity contribution in [3.8, 4) is 0 Å². The second kappa shape index (κ2) is 2.46. The Labute approximate surface area is 69.1 Å². The van der Waals surface area contributed by atoms with Crippen LogP contribution in [0.3, 0.4) is 0 Å². The van der Waals surface area contributed by atoms with E-state index in [1.807, 2.05) is 0 Å². The van der Waals surface area contributed by atoms with Gasteiger partial charge in [0.2, 0.25) is 0 Å². The first-order chi connectivity index (χ1) is 4.98. The van der Waals surface area contributed by atoms with E-state index in [0.29, 0.717) is 0 Å². The van der Waals surface area contributed by atoms with Crippen molar-refractivity contribution in [2.45, 2.75) is 57.8 Å². The van der Waals surface area contributed by atoms with E-state index in [1.165, 1.54) is 0 Å². The summed E-state index contributed by atoms with van der Waals surface area (Å²) >= 11 is 0. The maximum Gasteiger partial charge on any atom is 0.0838 e. The standard InChI is InChI=1S/C9H19NO/c1-5-8(3)7(10)9(4,6-2)11-8/h7H,5-6,10H2,1-4H3/t7?,8-,9+. The maximum atomic E-state index is 6.03. The summed E-state index contributed by atoms with van der Waals surface area (Å²) in [5, 5.41) is 0. The van der Waals surface area contributed by atoms with Crippen LogP contribution in [0.1, 0.15) is 40.5 Å². The third kappa shape index (κ3) is 1.09. The van der Waals surface area contributed by atoms with Gasteiger partial charge < -0.3 is 10.5 Å². The smallest absolute Gasteiger partial charge is 0.0838 e. The van der Waals surface area contributed by atoms with Crippen molar-refractivity contribution in [2.75, 3.05) is 0 Å². The molecular formula is C9H19NO. The van der Waals surface area contributed by atoms with Crippen LogP contribution in [-0.4, -0.2) is 17.2 Å². The van der Waals surface area contributed by atoms with Gasteiger partial charge in [-0.15, -0.1) is 0 Å². The van der Waals surface area contributed by atoms with Crippen LogP contribution >= 0.6 is 0 Å². The molecule has 2 heteroatoms. The van der Waals surface area contributed by atoms with Gasteiger partial charge >= 0.3 is 0 Å². The predicted octanol–water partition coefficient (Wildman–Crippen LogP) is 1.68. The molecule has 1 rings (SSSR count). The molecule has 0 saturated carbocycles. The number of ether oxygens (including phenoxy) is 1. The van der Waals surface area contributed by atoms with Crippen LogP contribution in [0, 0.1) is 0 Å². The summed E-state index contributed by atoms with van der Waals surface area (Å²) in [6.45, 7) is 8.42. The summed E-state index contributed by atoms with van der Waals surface area (Å²) in [5.74, 6) is 0. The first-order valence-electron chi connectivity index (χ1n) is 4.44. The molecule has 0 spiro atoms. The summed E-state index contributed by atoms with van der Waals surface area (Å²) in [6, 6.07) is 0.199. The molecule has 2 N–H and O–H groups in total. The van der Waals surface area contributed by atoms with Crippen LogP contribution < -0.4 is 5.73 Å². The Kier molecular flexibility index (Phi) is 2.01. The van der Waals surface area contributed by atoms with Crippen molar-refractivity contribution in [1.29, 1.82) is 0 Å². The predicted molar refractivity (Wildman–Crippen MR) is 46.5 cm³/mol. The lowest BCUT2D eigenvalue weighted by Gasteiger charge is -2.58. The Bertz CT molecular complexity index is 144. The molecule has 0 aromatic carbocycles. The number of hydrogen-bond acceptors (Lipinski definition) is 2. The highest BCUT2D eigenvalue weighted by Gasteiger charge is 2.55. The fraction of sp³-hybridized carbons (Fsp3) is 1.00. The summed E-state index contributed by atoms with van der Waals surface area (Å²) in [4.78, 5) is 0. The van der Waals surface area contributed by atoms with E-state index in [4.69, 9.17) is 10.5 Å². The first kappa shape index (κ1) is 9.01. The monoisotopic (exact) mass is 157 g/mol. The first-order valence-corrected chi connectivity index (χ1v) is 4.44. The third-order valence-corrected chi connectivity index (χ3v) is 3.19. The summed E-state index contributed by atoms with van der Waals surface area (Å²) in [7, 11) is 0. The van der Waals surface area contributed by atoms with Crippen molar-refractivity contribution in [2.24, 2.45) is 5.73 Å². The quantitative estimate of drug-likeness (QED) is 0.662. The zero-order chi connectivity index (χ0) is 8.70. The molecule has 0 aliphatic carbocycles. The van der Waals surface area contributed by atoms with E-state index in [0.717, 1.165) is 12.8 Å². The largest absolute Gasteiger partial charge is 0.366 e. The Balaban J connectivity index is 2.62. The highest BCUT2D eigenvalue weighted by Crippen LogP contribution is 2.43. The Morgan fingerprint density at radius 3 is 1.73 bits per heavy atom. The molecule has 0 bridgehead atoms. The van der Waals surface area contributed by atoms with E-state index < -0.39 is 0 Å². The molecule has 0 aromatic heterocycles. The molecule has 1 aliphatic heterocycles. The van der Waals surface area contributed by atoms with Gasteiger partial charge in [0.15, 0.2) is 0 Å². The van der Waals surface area contributed by atoms with Crippen LogP contribution in [0.2, 0.25) is 0 Å². The van der Waals surface area contributed by atoms with Crippen molar-refractivity contribution in [3.63, 3.8) is 0 Å². The molecule has 0 amide bonds. The van der Waals surface area contributed by atoms with Crippen LogP contribution in [0.15, 0.2) is 0 Å². The minimum Gasteiger partial charge on any atom is -0.366 e. The number of hydrogen-bond donors (Lipinski definition) is 1. The molecule has 66 valence electrons. The van der Waals surface area contributed by atoms with Crippen molar-refractivity contribution >= 4 is 0 Å². The molecule has 1 fully saturated rings. The average Bonchev–Trinajstić information content (AvgIpc) is 2.03. The Morgan fingerprint density at radius 2 is 1.55 bits per heavy atom. The van der Waals surface area contributed by atoms with Crippen LogP contribution in [0.25, 0.3) is 0 Å². The summed E-state index contributed by atoms with van der Waals surface area (Å²) < 4.78 is 5.80. The van der Waals surface area contributed by atoms with Gasteiger partial charge in [0.1, 0.15) is 0 Å². The van der Waals surface area contributed by atoms with E-state index >= 15 is 0 Å². The Hall–Kier alpha value is -0.0800. The fourth-order valence-corrected chi connectivity index (χ4v) is 1.83. The van der Waals surface area contributed by atoms with Crippen LogP contribution in [0.4, 0.5) is 0 Å². The maximum absolute atomic E-state index is 6.03. The molecule has 2 nitrogen and oxygen atoms in total. The normalized spacial score (nSPS) is 50.5. The second-order valence-corrected chi connectivity index (χ2v) is 3.91. The average molecular weight is 157 g/mol. The third-order valence-electron chi connectivity index (χ3n) is 3.19. The van der Waals surface area contributed by atoms with Crippen LogP contribution in [0.5, 0.6) is 0 Å².